The Labute approximate surface area is 201 Å². The number of aromatic nitrogens is 3. The maximum atomic E-state index is 15.8. The molecule has 7 nitrogen and oxygen atoms in total. The molecule has 0 saturated heterocycles. The van der Waals surface area contributed by atoms with Gasteiger partial charge in [0.15, 0.2) is 11.5 Å². The molecule has 1 saturated carbocycles. The lowest BCUT2D eigenvalue weighted by atomic mass is 9.95. The van der Waals surface area contributed by atoms with Crippen LogP contribution in [0, 0.1) is 11.3 Å². The van der Waals surface area contributed by atoms with Crippen molar-refractivity contribution in [3.8, 4) is 22.9 Å². The molecular weight excluding hydrogens is 447 g/mol. The van der Waals surface area contributed by atoms with Crippen LogP contribution in [0.15, 0.2) is 67.1 Å². The molecule has 8 heteroatoms. The Hall–Kier alpha value is -4.25. The van der Waals surface area contributed by atoms with Gasteiger partial charge in [0.05, 0.1) is 24.8 Å². The molecule has 0 aliphatic heterocycles. The van der Waals surface area contributed by atoms with Crippen molar-refractivity contribution in [1.29, 1.82) is 5.26 Å². The lowest BCUT2D eigenvalue weighted by Gasteiger charge is -2.18. The highest BCUT2D eigenvalue weighted by molar-refractivity contribution is 5.80. The Morgan fingerprint density at radius 3 is 2.66 bits per heavy atom. The van der Waals surface area contributed by atoms with E-state index in [1.807, 2.05) is 36.4 Å². The Bertz CT molecular complexity index is 1450. The van der Waals surface area contributed by atoms with Gasteiger partial charge in [-0.1, -0.05) is 42.5 Å². The third-order valence-corrected chi connectivity index (χ3v) is 6.43. The van der Waals surface area contributed by atoms with E-state index >= 15 is 4.39 Å². The fourth-order valence-corrected chi connectivity index (χ4v) is 4.14. The number of carbonyl (C=O) groups is 1. The van der Waals surface area contributed by atoms with Crippen LogP contribution in [0.3, 0.4) is 0 Å². The molecule has 1 aliphatic rings. The van der Waals surface area contributed by atoms with Crippen molar-refractivity contribution in [3.63, 3.8) is 0 Å². The molecular formula is C27H23FN4O3. The van der Waals surface area contributed by atoms with Gasteiger partial charge in [0.25, 0.3) is 5.67 Å². The summed E-state index contributed by atoms with van der Waals surface area (Å²) in [5.41, 5.74) is 0.494. The minimum absolute atomic E-state index is 0.0419. The zero-order valence-corrected chi connectivity index (χ0v) is 19.4. The zero-order chi connectivity index (χ0) is 24.6. The van der Waals surface area contributed by atoms with Crippen molar-refractivity contribution in [3.05, 3.63) is 84.1 Å². The molecule has 1 fully saturated rings. The highest BCUT2D eigenvalue weighted by atomic mass is 19.1. The van der Waals surface area contributed by atoms with Crippen molar-refractivity contribution < 1.29 is 18.7 Å². The average Bonchev–Trinajstić information content (AvgIpc) is 3.58. The predicted molar refractivity (Wildman–Crippen MR) is 126 cm³/mol. The Kier molecular flexibility index (Phi) is 5.48. The normalized spacial score (nSPS) is 15.7. The molecule has 2 aromatic heterocycles. The van der Waals surface area contributed by atoms with Gasteiger partial charge in [0.1, 0.15) is 12.4 Å². The lowest BCUT2D eigenvalue weighted by molar-refractivity contribution is -0.159. The third kappa shape index (κ3) is 3.99. The molecule has 1 unspecified atom stereocenters. The number of halogens is 1. The monoisotopic (exact) mass is 470 g/mol. The van der Waals surface area contributed by atoms with E-state index in [4.69, 9.17) is 9.47 Å². The quantitative estimate of drug-likeness (QED) is 0.357. The summed E-state index contributed by atoms with van der Waals surface area (Å²) in [4.78, 5) is 21.2. The van der Waals surface area contributed by atoms with Gasteiger partial charge in [-0.3, -0.25) is 4.40 Å². The largest absolute Gasteiger partial charge is 0.496 e. The van der Waals surface area contributed by atoms with Crippen LogP contribution in [0.25, 0.3) is 16.8 Å². The van der Waals surface area contributed by atoms with E-state index in [0.717, 1.165) is 36.5 Å². The number of benzene rings is 2. The molecule has 0 amide bonds. The van der Waals surface area contributed by atoms with E-state index in [0.29, 0.717) is 17.0 Å². The van der Waals surface area contributed by atoms with Gasteiger partial charge in [-0.15, -0.1) is 0 Å². The first-order valence-corrected chi connectivity index (χ1v) is 11.2. The fraction of sp³-hybridized carbons (Fsp3) is 0.259. The zero-order valence-electron chi connectivity index (χ0n) is 19.4. The molecule has 0 radical (unpaired) electrons. The minimum atomic E-state index is -2.50. The number of alkyl halides is 1. The Morgan fingerprint density at radius 1 is 1.20 bits per heavy atom. The highest BCUT2D eigenvalue weighted by Gasteiger charge is 2.45. The molecule has 1 atom stereocenters. The smallest absolute Gasteiger partial charge is 0.351 e. The average molecular weight is 471 g/mol. The van der Waals surface area contributed by atoms with Crippen LogP contribution in [0.2, 0.25) is 0 Å². The number of fused-ring (bicyclic) bond motifs is 1. The summed E-state index contributed by atoms with van der Waals surface area (Å²) in [6.45, 7) is 1.09. The molecule has 2 heterocycles. The highest BCUT2D eigenvalue weighted by Crippen LogP contribution is 2.49. The van der Waals surface area contributed by atoms with Gasteiger partial charge in [-0.2, -0.15) is 5.26 Å². The van der Waals surface area contributed by atoms with Crippen molar-refractivity contribution in [2.45, 2.75) is 37.5 Å². The van der Waals surface area contributed by atoms with Crippen LogP contribution in [-0.2, 0) is 27.2 Å². The summed E-state index contributed by atoms with van der Waals surface area (Å²) < 4.78 is 28.0. The first kappa shape index (κ1) is 22.5. The molecule has 5 rings (SSSR count). The SMILES string of the molecule is COc1cc(C2(C#N)CC2)ccc1-c1cnc2cnc(C(C)(F)C(=O)OCc3ccccc3)n2c1. The molecule has 0 N–H and O–H groups in total. The molecule has 0 spiro atoms. The van der Waals surface area contributed by atoms with Crippen LogP contribution in [-0.4, -0.2) is 27.4 Å². The summed E-state index contributed by atoms with van der Waals surface area (Å²) in [6.07, 6.45) is 6.37. The summed E-state index contributed by atoms with van der Waals surface area (Å²) in [5.74, 6) is -0.582. The fourth-order valence-electron chi connectivity index (χ4n) is 4.14. The van der Waals surface area contributed by atoms with E-state index in [-0.39, 0.29) is 12.4 Å². The van der Waals surface area contributed by atoms with Crippen molar-refractivity contribution in [1.82, 2.24) is 14.4 Å². The number of esters is 1. The number of hydrogen-bond donors (Lipinski definition) is 0. The first-order valence-electron chi connectivity index (χ1n) is 11.2. The number of carbonyl (C=O) groups excluding carboxylic acids is 1. The standard InChI is InChI=1S/C27H23FN4O3/c1-26(28,25(33)35-16-18-6-4-3-5-7-18)24-31-14-23-30-13-19(15-32(23)24)21-9-8-20(12-22(21)34-2)27(17-29)10-11-27/h3-9,12-15H,10-11,16H2,1-2H3. The second kappa shape index (κ2) is 8.51. The third-order valence-electron chi connectivity index (χ3n) is 6.43. The maximum absolute atomic E-state index is 15.8. The predicted octanol–water partition coefficient (Wildman–Crippen LogP) is 4.89. The maximum Gasteiger partial charge on any atom is 0.351 e. The molecule has 1 aliphatic carbocycles. The van der Waals surface area contributed by atoms with Crippen LogP contribution in [0.1, 0.15) is 36.7 Å². The number of ether oxygens (including phenoxy) is 2. The van der Waals surface area contributed by atoms with Gasteiger partial charge in [0.2, 0.25) is 0 Å². The molecule has 4 aromatic rings. The topological polar surface area (TPSA) is 89.5 Å². The minimum Gasteiger partial charge on any atom is -0.496 e. The van der Waals surface area contributed by atoms with Gasteiger partial charge < -0.3 is 9.47 Å². The number of methoxy groups -OCH3 is 1. The Morgan fingerprint density at radius 2 is 1.97 bits per heavy atom. The van der Waals surface area contributed by atoms with Crippen molar-refractivity contribution >= 4 is 11.6 Å². The van der Waals surface area contributed by atoms with Crippen LogP contribution >= 0.6 is 0 Å². The van der Waals surface area contributed by atoms with Crippen LogP contribution in [0.4, 0.5) is 4.39 Å². The van der Waals surface area contributed by atoms with E-state index in [1.54, 1.807) is 31.6 Å². The summed E-state index contributed by atoms with van der Waals surface area (Å²) in [7, 11) is 1.56. The second-order valence-electron chi connectivity index (χ2n) is 8.83. The van der Waals surface area contributed by atoms with Crippen LogP contribution in [0.5, 0.6) is 5.75 Å². The van der Waals surface area contributed by atoms with Gasteiger partial charge in [-0.25, -0.2) is 19.2 Å². The lowest BCUT2D eigenvalue weighted by Crippen LogP contribution is -2.32. The molecule has 2 aromatic carbocycles. The van der Waals surface area contributed by atoms with Crippen molar-refractivity contribution in [2.75, 3.05) is 7.11 Å². The van der Waals surface area contributed by atoms with Gasteiger partial charge in [-0.05, 0) is 37.0 Å². The summed E-state index contributed by atoms with van der Waals surface area (Å²) in [6, 6.07) is 17.1. The van der Waals surface area contributed by atoms with E-state index in [9.17, 15) is 10.1 Å². The van der Waals surface area contributed by atoms with E-state index in [2.05, 4.69) is 16.0 Å². The van der Waals surface area contributed by atoms with Gasteiger partial charge >= 0.3 is 5.97 Å². The Balaban J connectivity index is 1.47. The molecule has 176 valence electrons. The number of imidazole rings is 1. The first-order chi connectivity index (χ1) is 16.9. The van der Waals surface area contributed by atoms with Crippen molar-refractivity contribution in [2.24, 2.45) is 0 Å². The van der Waals surface area contributed by atoms with E-state index in [1.165, 1.54) is 10.6 Å². The van der Waals surface area contributed by atoms with Gasteiger partial charge in [0, 0.05) is 23.5 Å². The number of rotatable bonds is 7. The van der Waals surface area contributed by atoms with Crippen LogP contribution < -0.4 is 4.74 Å². The summed E-state index contributed by atoms with van der Waals surface area (Å²) >= 11 is 0. The number of hydrogen-bond acceptors (Lipinski definition) is 6. The number of nitrogens with zero attached hydrogens (tertiary/aromatic N) is 4. The molecule has 35 heavy (non-hydrogen) atoms. The molecule has 0 bridgehead atoms. The van der Waals surface area contributed by atoms with E-state index < -0.39 is 17.1 Å². The summed E-state index contributed by atoms with van der Waals surface area (Å²) in [5, 5.41) is 9.52. The number of nitriles is 1. The second-order valence-corrected chi connectivity index (χ2v) is 8.83.